The van der Waals surface area contributed by atoms with E-state index in [-0.39, 0.29) is 16.7 Å². The fraction of sp³-hybridized carbons (Fsp3) is 0.429. The summed E-state index contributed by atoms with van der Waals surface area (Å²) in [5, 5.41) is 23.5. The fourth-order valence-electron chi connectivity index (χ4n) is 9.24. The highest BCUT2D eigenvalue weighted by atomic mass is 35.5. The third kappa shape index (κ3) is 6.91. The van der Waals surface area contributed by atoms with Gasteiger partial charge in [-0.1, -0.05) is 46.9 Å². The number of hydrogen-bond acceptors (Lipinski definition) is 12. The molecule has 5 aliphatic heterocycles. The summed E-state index contributed by atoms with van der Waals surface area (Å²) in [5.41, 5.74) is 4.33. The average molecular weight is 900 g/mol. The van der Waals surface area contributed by atoms with Gasteiger partial charge >= 0.3 is 0 Å². The lowest BCUT2D eigenvalue weighted by Crippen LogP contribution is -2.37. The summed E-state index contributed by atoms with van der Waals surface area (Å²) in [7, 11) is 0. The Morgan fingerprint density at radius 3 is 1.85 bits per heavy atom. The van der Waals surface area contributed by atoms with Crippen LogP contribution >= 0.6 is 34.8 Å². The molecule has 0 bridgehead atoms. The van der Waals surface area contributed by atoms with Gasteiger partial charge in [0.05, 0.1) is 34.3 Å². The maximum absolute atomic E-state index is 14.7. The normalized spacial score (nSPS) is 30.3. The van der Waals surface area contributed by atoms with Gasteiger partial charge in [-0.3, -0.25) is 0 Å². The van der Waals surface area contributed by atoms with Crippen LogP contribution in [-0.4, -0.2) is 94.9 Å². The zero-order valence-corrected chi connectivity index (χ0v) is 35.1. The van der Waals surface area contributed by atoms with Crippen molar-refractivity contribution in [1.82, 2.24) is 29.1 Å². The van der Waals surface area contributed by atoms with Crippen LogP contribution in [0.3, 0.4) is 0 Å². The Kier molecular flexibility index (Phi) is 10.6. The van der Waals surface area contributed by atoms with Gasteiger partial charge in [-0.2, -0.15) is 0 Å². The standard InChI is InChI=1S/C22H20Cl2FN3O4.C20H19ClFN3O4/c1-22(2)31-17-16(15-11-3-4-13(23)14(25)10(11)6-8-29-15)30-21(18(17)32-22)28-7-5-12-19(24)26-9-27-20(12)28;1-9-10-4-6-25(19(10)24-8-23-9)20-16(27)15(26)18(29-20)17-12-2-3-13(21)14(22)11(12)5-7-28-17/h3-5,7,9,15-18,21H,6,8H2,1-2H3;2-4,6,8,15-18,20,26-27H,5,7H2,1H3/t15-,16-,17-,18-,21-;15-,16+,17+,18-,20+/m10/s1. The smallest absolute Gasteiger partial charge is 0.164 e. The summed E-state index contributed by atoms with van der Waals surface area (Å²) in [4.78, 5) is 16.9. The first-order valence-electron chi connectivity index (χ1n) is 19.8. The number of fused-ring (bicyclic) bond motifs is 5. The van der Waals surface area contributed by atoms with E-state index in [2.05, 4.69) is 19.9 Å². The molecule has 0 unspecified atom stereocenters. The van der Waals surface area contributed by atoms with Crippen LogP contribution < -0.4 is 0 Å². The Labute approximate surface area is 362 Å². The largest absolute Gasteiger partial charge is 0.387 e. The number of rotatable bonds is 4. The summed E-state index contributed by atoms with van der Waals surface area (Å²) < 4.78 is 69.8. The Morgan fingerprint density at radius 1 is 0.656 bits per heavy atom. The van der Waals surface area contributed by atoms with Crippen LogP contribution in [0.5, 0.6) is 0 Å². The van der Waals surface area contributed by atoms with Crippen LogP contribution in [0.4, 0.5) is 8.78 Å². The van der Waals surface area contributed by atoms with Gasteiger partial charge < -0.3 is 47.8 Å². The molecule has 11 rings (SSSR count). The minimum absolute atomic E-state index is 0.0454. The van der Waals surface area contributed by atoms with Crippen LogP contribution in [-0.2, 0) is 41.3 Å². The molecule has 3 fully saturated rings. The maximum atomic E-state index is 14.7. The molecule has 6 aromatic rings. The summed E-state index contributed by atoms with van der Waals surface area (Å²) in [6, 6.07) is 10.2. The first kappa shape index (κ1) is 41.1. The molecule has 2 aromatic carbocycles. The summed E-state index contributed by atoms with van der Waals surface area (Å²) in [5.74, 6) is -1.70. The van der Waals surface area contributed by atoms with E-state index in [4.69, 9.17) is 63.2 Å². The van der Waals surface area contributed by atoms with Gasteiger partial charge in [0, 0.05) is 17.8 Å². The maximum Gasteiger partial charge on any atom is 0.164 e. The molecule has 9 heterocycles. The van der Waals surface area contributed by atoms with Gasteiger partial charge in [-0.05, 0) is 80.1 Å². The third-order valence-electron chi connectivity index (χ3n) is 12.0. The van der Waals surface area contributed by atoms with Crippen molar-refractivity contribution < 1.29 is 47.4 Å². The number of ether oxygens (including phenoxy) is 6. The van der Waals surface area contributed by atoms with Crippen molar-refractivity contribution >= 4 is 56.9 Å². The predicted molar refractivity (Wildman–Crippen MR) is 216 cm³/mol. The number of benzene rings is 2. The van der Waals surface area contributed by atoms with Crippen molar-refractivity contribution in [1.29, 1.82) is 0 Å². The van der Waals surface area contributed by atoms with E-state index < -0.39 is 78.7 Å². The molecule has 14 nitrogen and oxygen atoms in total. The number of aromatic nitrogens is 6. The van der Waals surface area contributed by atoms with Gasteiger partial charge in [0.25, 0.3) is 0 Å². The van der Waals surface area contributed by atoms with E-state index in [1.165, 1.54) is 18.7 Å². The van der Waals surface area contributed by atoms with E-state index in [0.29, 0.717) is 58.0 Å². The Balaban J connectivity index is 0.000000147. The molecule has 61 heavy (non-hydrogen) atoms. The highest BCUT2D eigenvalue weighted by Crippen LogP contribution is 2.50. The molecule has 0 amide bonds. The van der Waals surface area contributed by atoms with E-state index >= 15 is 0 Å². The molecule has 10 atom stereocenters. The van der Waals surface area contributed by atoms with E-state index in [0.717, 1.165) is 16.6 Å². The molecular formula is C42H39Cl3F2N6O8. The molecular weight excluding hydrogens is 861 g/mol. The quantitative estimate of drug-likeness (QED) is 0.174. The van der Waals surface area contributed by atoms with Gasteiger partial charge in [0.1, 0.15) is 89.6 Å². The molecule has 19 heteroatoms. The fourth-order valence-corrected chi connectivity index (χ4v) is 9.79. The minimum Gasteiger partial charge on any atom is -0.387 e. The SMILES string of the molecule is CC1(C)O[C@H]2[C@@H](O1)[C@H](n1ccc3c(Cl)ncnc31)O[C@@H]2[C@@H]1OCCc2c1ccc(Cl)c2F.Cc1ncnc2c1ccn2[C@@H]1O[C@H]([C@@H]2OCCc3c2ccc(Cl)c3F)[C@@H](O)[C@H]1O. The first-order chi connectivity index (χ1) is 29.3. The van der Waals surface area contributed by atoms with Gasteiger partial charge in [0.2, 0.25) is 0 Å². The lowest BCUT2D eigenvalue weighted by atomic mass is 9.91. The van der Waals surface area contributed by atoms with Crippen LogP contribution in [0.25, 0.3) is 22.1 Å². The monoisotopic (exact) mass is 898 g/mol. The Bertz CT molecular complexity index is 2670. The summed E-state index contributed by atoms with van der Waals surface area (Å²) in [6.07, 6.45) is -0.0935. The van der Waals surface area contributed by atoms with Crippen LogP contribution in [0.15, 0.2) is 61.4 Å². The zero-order chi connectivity index (χ0) is 42.5. The van der Waals surface area contributed by atoms with Gasteiger partial charge in [-0.15, -0.1) is 0 Å². The molecule has 0 radical (unpaired) electrons. The van der Waals surface area contributed by atoms with Crippen molar-refractivity contribution in [2.45, 2.75) is 101 Å². The highest BCUT2D eigenvalue weighted by molar-refractivity contribution is 6.34. The van der Waals surface area contributed by atoms with Crippen molar-refractivity contribution in [3.8, 4) is 0 Å². The lowest BCUT2D eigenvalue weighted by molar-refractivity contribution is -0.212. The van der Waals surface area contributed by atoms with Crippen molar-refractivity contribution in [3.63, 3.8) is 0 Å². The molecule has 3 saturated heterocycles. The molecule has 0 spiro atoms. The van der Waals surface area contributed by atoms with E-state index in [1.807, 2.05) is 43.7 Å². The molecule has 320 valence electrons. The number of aryl methyl sites for hydroxylation is 1. The van der Waals surface area contributed by atoms with E-state index in [1.54, 1.807) is 29.0 Å². The highest BCUT2D eigenvalue weighted by Gasteiger charge is 2.59. The minimum atomic E-state index is -1.23. The Hall–Kier alpha value is -3.91. The number of halogens is 5. The summed E-state index contributed by atoms with van der Waals surface area (Å²) in [6.45, 7) is 6.21. The third-order valence-corrected chi connectivity index (χ3v) is 12.9. The van der Waals surface area contributed by atoms with Crippen LogP contribution in [0.2, 0.25) is 15.2 Å². The van der Waals surface area contributed by atoms with Crippen molar-refractivity contribution in [2.24, 2.45) is 0 Å². The van der Waals surface area contributed by atoms with E-state index in [9.17, 15) is 19.0 Å². The van der Waals surface area contributed by atoms with Crippen LogP contribution in [0.1, 0.15) is 66.5 Å². The second kappa shape index (κ2) is 15.7. The Morgan fingerprint density at radius 2 is 1.20 bits per heavy atom. The molecule has 4 aromatic heterocycles. The predicted octanol–water partition coefficient (Wildman–Crippen LogP) is 7.07. The second-order valence-electron chi connectivity index (χ2n) is 16.0. The second-order valence-corrected chi connectivity index (χ2v) is 17.2. The topological polar surface area (TPSA) is 157 Å². The number of nitrogens with zero attached hydrogens (tertiary/aromatic N) is 6. The van der Waals surface area contributed by atoms with Crippen LogP contribution in [0, 0.1) is 18.6 Å². The number of aliphatic hydroxyl groups excluding tert-OH is 2. The van der Waals surface area contributed by atoms with Crippen molar-refractivity contribution in [3.05, 3.63) is 116 Å². The molecule has 0 saturated carbocycles. The zero-order valence-electron chi connectivity index (χ0n) is 32.8. The number of hydrogen-bond donors (Lipinski definition) is 2. The van der Waals surface area contributed by atoms with Crippen molar-refractivity contribution in [2.75, 3.05) is 13.2 Å². The number of aliphatic hydroxyl groups is 2. The molecule has 2 N–H and O–H groups in total. The van der Waals surface area contributed by atoms with Gasteiger partial charge in [-0.25, -0.2) is 28.7 Å². The molecule has 5 aliphatic rings. The lowest BCUT2D eigenvalue weighted by Gasteiger charge is -2.33. The summed E-state index contributed by atoms with van der Waals surface area (Å²) >= 11 is 18.2. The average Bonchev–Trinajstić information content (AvgIpc) is 4.07. The van der Waals surface area contributed by atoms with Gasteiger partial charge in [0.15, 0.2) is 18.2 Å². The first-order valence-corrected chi connectivity index (χ1v) is 20.9. The molecule has 0 aliphatic carbocycles.